The van der Waals surface area contributed by atoms with Gasteiger partial charge in [0, 0.05) is 25.1 Å². The van der Waals surface area contributed by atoms with Crippen LogP contribution in [0.5, 0.6) is 0 Å². The molecule has 0 spiro atoms. The number of halogens is 1. The molecule has 0 saturated carbocycles. The summed E-state index contributed by atoms with van der Waals surface area (Å²) in [5.41, 5.74) is 1.47. The molecule has 3 rings (SSSR count). The summed E-state index contributed by atoms with van der Waals surface area (Å²) in [6.07, 6.45) is 0.155. The predicted octanol–water partition coefficient (Wildman–Crippen LogP) is 2.91. The number of nitrogens with one attached hydrogen (secondary N) is 2. The lowest BCUT2D eigenvalue weighted by Crippen LogP contribution is -2.47. The highest BCUT2D eigenvalue weighted by atomic mass is 79.9. The van der Waals surface area contributed by atoms with E-state index in [0.29, 0.717) is 5.56 Å². The maximum absolute atomic E-state index is 13.1. The molecule has 35 heavy (non-hydrogen) atoms. The van der Waals surface area contributed by atoms with E-state index in [4.69, 9.17) is 0 Å². The Labute approximate surface area is 214 Å². The van der Waals surface area contributed by atoms with Gasteiger partial charge in [0.15, 0.2) is 0 Å². The van der Waals surface area contributed by atoms with E-state index in [-0.39, 0.29) is 22.8 Å². The lowest BCUT2D eigenvalue weighted by atomic mass is 10.1. The molecule has 3 aromatic rings. The molecule has 0 radical (unpaired) electrons. The Kier molecular flexibility index (Phi) is 8.84. The summed E-state index contributed by atoms with van der Waals surface area (Å²) in [6.45, 7) is 0.104. The second-order valence-corrected chi connectivity index (χ2v) is 12.7. The predicted molar refractivity (Wildman–Crippen MR) is 138 cm³/mol. The zero-order chi connectivity index (χ0) is 25.6. The van der Waals surface area contributed by atoms with Crippen molar-refractivity contribution < 1.29 is 21.6 Å². The van der Waals surface area contributed by atoms with Crippen molar-refractivity contribution in [2.75, 3.05) is 14.1 Å². The van der Waals surface area contributed by atoms with Gasteiger partial charge in [0.05, 0.1) is 9.79 Å². The van der Waals surface area contributed by atoms with Crippen molar-refractivity contribution in [1.29, 1.82) is 0 Å². The molecule has 0 unspecified atom stereocenters. The van der Waals surface area contributed by atoms with E-state index in [9.17, 15) is 21.6 Å². The molecule has 0 saturated heterocycles. The topological polar surface area (TPSA) is 113 Å². The van der Waals surface area contributed by atoms with Crippen LogP contribution in [-0.2, 0) is 37.8 Å². The molecule has 11 heteroatoms. The van der Waals surface area contributed by atoms with Crippen molar-refractivity contribution >= 4 is 41.9 Å². The molecule has 186 valence electrons. The van der Waals surface area contributed by atoms with Crippen molar-refractivity contribution in [2.45, 2.75) is 28.8 Å². The van der Waals surface area contributed by atoms with Crippen LogP contribution in [0.4, 0.5) is 0 Å². The van der Waals surface area contributed by atoms with Crippen LogP contribution in [0.25, 0.3) is 0 Å². The number of benzene rings is 3. The summed E-state index contributed by atoms with van der Waals surface area (Å²) in [5.74, 6) is -0.500. The second kappa shape index (κ2) is 11.4. The number of amides is 1. The van der Waals surface area contributed by atoms with Gasteiger partial charge in [0.25, 0.3) is 0 Å². The number of rotatable bonds is 10. The molecule has 1 amide bonds. The third-order valence-electron chi connectivity index (χ3n) is 5.19. The number of hydrogen-bond acceptors (Lipinski definition) is 5. The van der Waals surface area contributed by atoms with Gasteiger partial charge in [-0.3, -0.25) is 4.79 Å². The van der Waals surface area contributed by atoms with Crippen LogP contribution in [0.1, 0.15) is 11.1 Å². The van der Waals surface area contributed by atoms with E-state index >= 15 is 0 Å². The molecule has 0 aliphatic heterocycles. The number of sulfonamides is 2. The molecular weight excluding hydrogens is 554 g/mol. The molecule has 0 bridgehead atoms. The van der Waals surface area contributed by atoms with Crippen LogP contribution >= 0.6 is 15.9 Å². The van der Waals surface area contributed by atoms with E-state index in [0.717, 1.165) is 14.3 Å². The normalized spacial score (nSPS) is 12.9. The Hall–Kier alpha value is -2.57. The molecule has 0 aliphatic rings. The van der Waals surface area contributed by atoms with Gasteiger partial charge in [-0.1, -0.05) is 58.4 Å². The van der Waals surface area contributed by atoms with Gasteiger partial charge in [-0.2, -0.15) is 4.72 Å². The average molecular weight is 581 g/mol. The van der Waals surface area contributed by atoms with E-state index in [1.807, 2.05) is 30.3 Å². The summed E-state index contributed by atoms with van der Waals surface area (Å²) in [7, 11) is -4.61. The highest BCUT2D eigenvalue weighted by Gasteiger charge is 2.26. The Balaban J connectivity index is 1.76. The Morgan fingerprint density at radius 3 is 1.97 bits per heavy atom. The first-order chi connectivity index (χ1) is 16.5. The minimum absolute atomic E-state index is 0.0456. The molecule has 2 N–H and O–H groups in total. The largest absolute Gasteiger partial charge is 0.351 e. The molecule has 1 atom stereocenters. The van der Waals surface area contributed by atoms with Crippen LogP contribution in [-0.4, -0.2) is 47.2 Å². The SMILES string of the molecule is CN(C)S(=O)(=O)c1ccc(CNC(=O)[C@H](Cc2ccccc2)NS(=O)(=O)c2ccc(Br)cc2)cc1. The summed E-state index contributed by atoms with van der Waals surface area (Å²) in [4.78, 5) is 13.2. The molecule has 8 nitrogen and oxygen atoms in total. The highest BCUT2D eigenvalue weighted by Crippen LogP contribution is 2.17. The molecule has 3 aromatic carbocycles. The lowest BCUT2D eigenvalue weighted by molar-refractivity contribution is -0.122. The molecule has 0 aliphatic carbocycles. The molecule has 0 heterocycles. The van der Waals surface area contributed by atoms with Gasteiger partial charge >= 0.3 is 0 Å². The van der Waals surface area contributed by atoms with Crippen LogP contribution in [0.3, 0.4) is 0 Å². The zero-order valence-electron chi connectivity index (χ0n) is 19.2. The van der Waals surface area contributed by atoms with E-state index in [1.54, 1.807) is 24.3 Å². The van der Waals surface area contributed by atoms with Crippen molar-refractivity contribution in [3.05, 3.63) is 94.5 Å². The maximum Gasteiger partial charge on any atom is 0.242 e. The van der Waals surface area contributed by atoms with Crippen molar-refractivity contribution in [3.63, 3.8) is 0 Å². The van der Waals surface area contributed by atoms with E-state index in [2.05, 4.69) is 26.0 Å². The first kappa shape index (κ1) is 27.0. The third-order valence-corrected chi connectivity index (χ3v) is 9.03. The third kappa shape index (κ3) is 7.21. The van der Waals surface area contributed by atoms with Crippen molar-refractivity contribution in [2.24, 2.45) is 0 Å². The van der Waals surface area contributed by atoms with E-state index < -0.39 is 32.0 Å². The highest BCUT2D eigenvalue weighted by molar-refractivity contribution is 9.10. The number of nitrogens with zero attached hydrogens (tertiary/aromatic N) is 1. The monoisotopic (exact) mass is 579 g/mol. The van der Waals surface area contributed by atoms with Crippen LogP contribution in [0.2, 0.25) is 0 Å². The van der Waals surface area contributed by atoms with Crippen LogP contribution in [0.15, 0.2) is 93.1 Å². The Morgan fingerprint density at radius 1 is 0.829 bits per heavy atom. The molecule has 0 aromatic heterocycles. The zero-order valence-corrected chi connectivity index (χ0v) is 22.4. The van der Waals surface area contributed by atoms with E-state index in [1.165, 1.54) is 38.4 Å². The smallest absolute Gasteiger partial charge is 0.242 e. The fourth-order valence-corrected chi connectivity index (χ4v) is 5.57. The number of carbonyl (C=O) groups excluding carboxylic acids is 1. The molecule has 0 fully saturated rings. The van der Waals surface area contributed by atoms with Crippen molar-refractivity contribution in [3.8, 4) is 0 Å². The maximum atomic E-state index is 13.1. The Morgan fingerprint density at radius 2 is 1.40 bits per heavy atom. The van der Waals surface area contributed by atoms with Crippen LogP contribution < -0.4 is 10.0 Å². The number of hydrogen-bond donors (Lipinski definition) is 2. The summed E-state index contributed by atoms with van der Waals surface area (Å²) < 4.78 is 54.7. The van der Waals surface area contributed by atoms with Gasteiger partial charge in [0.1, 0.15) is 6.04 Å². The van der Waals surface area contributed by atoms with Crippen LogP contribution in [0, 0.1) is 0 Å². The lowest BCUT2D eigenvalue weighted by Gasteiger charge is -2.19. The standard InChI is InChI=1S/C24H26BrN3O5S2/c1-28(2)35(32,33)22-12-8-19(9-13-22)17-26-24(29)23(16-18-6-4-3-5-7-18)27-34(30,31)21-14-10-20(25)11-15-21/h3-15,23,27H,16-17H2,1-2H3,(H,26,29)/t23-/m0/s1. The second-order valence-electron chi connectivity index (χ2n) is 7.97. The molecular formula is C24H26BrN3O5S2. The van der Waals surface area contributed by atoms with Gasteiger partial charge in [0.2, 0.25) is 26.0 Å². The summed E-state index contributed by atoms with van der Waals surface area (Å²) in [6, 6.07) is 20.3. The quantitative estimate of drug-likeness (QED) is 0.383. The minimum atomic E-state index is -3.96. The Bertz CT molecular complexity index is 1360. The van der Waals surface area contributed by atoms with Gasteiger partial charge < -0.3 is 5.32 Å². The summed E-state index contributed by atoms with van der Waals surface area (Å²) in [5, 5.41) is 2.75. The number of carbonyl (C=O) groups is 1. The first-order valence-corrected chi connectivity index (χ1v) is 14.3. The van der Waals surface area contributed by atoms with Crippen molar-refractivity contribution in [1.82, 2.24) is 14.3 Å². The fraction of sp³-hybridized carbons (Fsp3) is 0.208. The summed E-state index contributed by atoms with van der Waals surface area (Å²) >= 11 is 3.28. The van der Waals surface area contributed by atoms with Gasteiger partial charge in [-0.05, 0) is 53.9 Å². The average Bonchev–Trinajstić information content (AvgIpc) is 2.83. The van der Waals surface area contributed by atoms with Gasteiger partial charge in [-0.25, -0.2) is 21.1 Å². The fourth-order valence-electron chi connectivity index (χ4n) is 3.21. The minimum Gasteiger partial charge on any atom is -0.351 e. The first-order valence-electron chi connectivity index (χ1n) is 10.6. The van der Waals surface area contributed by atoms with Gasteiger partial charge in [-0.15, -0.1) is 0 Å².